The molecule has 76 valence electrons. The third kappa shape index (κ3) is 2.35. The molecular weight excluding hydrogens is 174 g/mol. The number of nitrogens with zero attached hydrogens (tertiary/aromatic N) is 2. The van der Waals surface area contributed by atoms with Gasteiger partial charge in [0.15, 0.2) is 0 Å². The zero-order chi connectivity index (χ0) is 10.6. The van der Waals surface area contributed by atoms with Gasteiger partial charge in [-0.3, -0.25) is 0 Å². The van der Waals surface area contributed by atoms with E-state index in [1.165, 1.54) is 0 Å². The average molecular weight is 191 g/mol. The number of aromatic nitrogens is 2. The second kappa shape index (κ2) is 4.80. The van der Waals surface area contributed by atoms with Crippen molar-refractivity contribution in [3.63, 3.8) is 0 Å². The Hall–Kier alpha value is -1.30. The molecule has 1 atom stereocenters. The number of nitriles is 1. The smallest absolute Gasteiger partial charge is 0.123 e. The molecule has 14 heavy (non-hydrogen) atoms. The Morgan fingerprint density at radius 2 is 2.29 bits per heavy atom. The van der Waals surface area contributed by atoms with Crippen molar-refractivity contribution in [1.29, 1.82) is 5.26 Å². The average Bonchev–Trinajstić information content (AvgIpc) is 2.54. The maximum atomic E-state index is 8.98. The Morgan fingerprint density at radius 3 is 2.79 bits per heavy atom. The van der Waals surface area contributed by atoms with Crippen LogP contribution in [0.2, 0.25) is 0 Å². The molecule has 0 fully saturated rings. The molecule has 0 aromatic carbocycles. The second-order valence-electron chi connectivity index (χ2n) is 3.89. The largest absolute Gasteiger partial charge is 0.345 e. The zero-order valence-electron chi connectivity index (χ0n) is 9.04. The van der Waals surface area contributed by atoms with Gasteiger partial charge in [-0.1, -0.05) is 27.2 Å². The first-order valence-electron chi connectivity index (χ1n) is 5.12. The predicted molar refractivity (Wildman–Crippen MR) is 55.8 cm³/mol. The van der Waals surface area contributed by atoms with Crippen molar-refractivity contribution in [2.45, 2.75) is 39.5 Å². The minimum absolute atomic E-state index is 0.111. The lowest BCUT2D eigenvalue weighted by Gasteiger charge is -2.08. The van der Waals surface area contributed by atoms with Crippen LogP contribution >= 0.6 is 0 Å². The van der Waals surface area contributed by atoms with Crippen LogP contribution in [0.15, 0.2) is 6.20 Å². The first-order chi connectivity index (χ1) is 6.69. The van der Waals surface area contributed by atoms with E-state index in [0.29, 0.717) is 5.92 Å². The molecule has 0 aliphatic rings. The fraction of sp³-hybridized carbons (Fsp3) is 0.636. The highest BCUT2D eigenvalue weighted by atomic mass is 14.9. The van der Waals surface area contributed by atoms with Gasteiger partial charge in [0.2, 0.25) is 0 Å². The molecule has 1 aromatic rings. The summed E-state index contributed by atoms with van der Waals surface area (Å²) in [6.07, 6.45) is 3.94. The van der Waals surface area contributed by atoms with E-state index >= 15 is 0 Å². The highest BCUT2D eigenvalue weighted by Gasteiger charge is 2.17. The van der Waals surface area contributed by atoms with Crippen LogP contribution in [0.5, 0.6) is 0 Å². The molecule has 0 radical (unpaired) electrons. The highest BCUT2D eigenvalue weighted by molar-refractivity contribution is 5.13. The quantitative estimate of drug-likeness (QED) is 0.795. The van der Waals surface area contributed by atoms with Gasteiger partial charge in [-0.05, 0) is 12.3 Å². The van der Waals surface area contributed by atoms with Gasteiger partial charge >= 0.3 is 0 Å². The molecule has 1 rings (SSSR count). The molecule has 0 amide bonds. The third-order valence-corrected chi connectivity index (χ3v) is 2.27. The van der Waals surface area contributed by atoms with Crippen molar-refractivity contribution in [3.8, 4) is 6.07 Å². The summed E-state index contributed by atoms with van der Waals surface area (Å²) in [6, 6.07) is 2.28. The molecule has 0 bridgehead atoms. The Labute approximate surface area is 85.2 Å². The first kappa shape index (κ1) is 10.8. The molecule has 3 heteroatoms. The Morgan fingerprint density at radius 1 is 1.57 bits per heavy atom. The summed E-state index contributed by atoms with van der Waals surface area (Å²) in [5.74, 6) is 1.01. The van der Waals surface area contributed by atoms with E-state index in [4.69, 9.17) is 5.26 Å². The number of imidazole rings is 1. The molecule has 0 aliphatic carbocycles. The predicted octanol–water partition coefficient (Wildman–Crippen LogP) is 2.63. The SMILES string of the molecule is CCCc1cnc(C(C#N)C(C)C)[nH]1. The number of nitrogens with one attached hydrogen (secondary N) is 1. The summed E-state index contributed by atoms with van der Waals surface area (Å²) in [6.45, 7) is 6.20. The zero-order valence-corrected chi connectivity index (χ0v) is 9.04. The van der Waals surface area contributed by atoms with Gasteiger partial charge in [0.05, 0.1) is 6.07 Å². The third-order valence-electron chi connectivity index (χ3n) is 2.27. The molecule has 0 saturated carbocycles. The lowest BCUT2D eigenvalue weighted by molar-refractivity contribution is 0.565. The molecule has 0 saturated heterocycles. The van der Waals surface area contributed by atoms with E-state index in [0.717, 1.165) is 24.4 Å². The number of H-pyrrole nitrogens is 1. The molecule has 0 spiro atoms. The number of aromatic amines is 1. The lowest BCUT2D eigenvalue weighted by Crippen LogP contribution is -2.06. The van der Waals surface area contributed by atoms with Crippen LogP contribution in [0.4, 0.5) is 0 Å². The van der Waals surface area contributed by atoms with Gasteiger partial charge in [0.1, 0.15) is 11.7 Å². The monoisotopic (exact) mass is 191 g/mol. The molecule has 1 unspecified atom stereocenters. The fourth-order valence-corrected chi connectivity index (χ4v) is 1.46. The minimum Gasteiger partial charge on any atom is -0.345 e. The van der Waals surface area contributed by atoms with Gasteiger partial charge in [-0.15, -0.1) is 0 Å². The van der Waals surface area contributed by atoms with Crippen LogP contribution in [-0.2, 0) is 6.42 Å². The summed E-state index contributed by atoms with van der Waals surface area (Å²) in [4.78, 5) is 7.46. The van der Waals surface area contributed by atoms with Crippen molar-refractivity contribution in [2.75, 3.05) is 0 Å². The summed E-state index contributed by atoms with van der Waals surface area (Å²) >= 11 is 0. The summed E-state index contributed by atoms with van der Waals surface area (Å²) in [5.41, 5.74) is 1.13. The lowest BCUT2D eigenvalue weighted by atomic mass is 9.97. The van der Waals surface area contributed by atoms with E-state index in [-0.39, 0.29) is 5.92 Å². The number of aryl methyl sites for hydroxylation is 1. The van der Waals surface area contributed by atoms with Gasteiger partial charge < -0.3 is 4.98 Å². The normalized spacial score (nSPS) is 12.8. The van der Waals surface area contributed by atoms with Gasteiger partial charge in [-0.2, -0.15) is 5.26 Å². The van der Waals surface area contributed by atoms with Crippen molar-refractivity contribution < 1.29 is 0 Å². The van der Waals surface area contributed by atoms with E-state index < -0.39 is 0 Å². The first-order valence-corrected chi connectivity index (χ1v) is 5.12. The van der Waals surface area contributed by atoms with Crippen molar-refractivity contribution in [1.82, 2.24) is 9.97 Å². The molecule has 1 N–H and O–H groups in total. The maximum Gasteiger partial charge on any atom is 0.123 e. The van der Waals surface area contributed by atoms with Crippen LogP contribution in [0.1, 0.15) is 44.6 Å². The van der Waals surface area contributed by atoms with E-state index in [1.54, 1.807) is 0 Å². The van der Waals surface area contributed by atoms with E-state index in [1.807, 2.05) is 20.0 Å². The van der Waals surface area contributed by atoms with E-state index in [2.05, 4.69) is 23.0 Å². The molecule has 0 aliphatic heterocycles. The van der Waals surface area contributed by atoms with Gasteiger partial charge in [0.25, 0.3) is 0 Å². The highest BCUT2D eigenvalue weighted by Crippen LogP contribution is 2.20. The van der Waals surface area contributed by atoms with Gasteiger partial charge in [-0.25, -0.2) is 4.98 Å². The Bertz CT molecular complexity index is 320. The minimum atomic E-state index is -0.111. The number of hydrogen-bond acceptors (Lipinski definition) is 2. The van der Waals surface area contributed by atoms with Crippen LogP contribution in [0.25, 0.3) is 0 Å². The van der Waals surface area contributed by atoms with Gasteiger partial charge in [0, 0.05) is 11.9 Å². The molecule has 3 nitrogen and oxygen atoms in total. The van der Waals surface area contributed by atoms with Crippen molar-refractivity contribution >= 4 is 0 Å². The molecule has 1 aromatic heterocycles. The number of hydrogen-bond donors (Lipinski definition) is 1. The molecule has 1 heterocycles. The summed E-state index contributed by atoms with van der Waals surface area (Å²) in [7, 11) is 0. The maximum absolute atomic E-state index is 8.98. The summed E-state index contributed by atoms with van der Waals surface area (Å²) < 4.78 is 0. The second-order valence-corrected chi connectivity index (χ2v) is 3.89. The van der Waals surface area contributed by atoms with Crippen LogP contribution in [-0.4, -0.2) is 9.97 Å². The Balaban J connectivity index is 2.80. The molecular formula is C11H17N3. The van der Waals surface area contributed by atoms with Crippen LogP contribution in [0, 0.1) is 17.2 Å². The fourth-order valence-electron chi connectivity index (χ4n) is 1.46. The van der Waals surface area contributed by atoms with Crippen molar-refractivity contribution in [3.05, 3.63) is 17.7 Å². The Kier molecular flexibility index (Phi) is 3.70. The number of rotatable bonds is 4. The standard InChI is InChI=1S/C11H17N3/c1-4-5-9-7-13-11(14-9)10(6-12)8(2)3/h7-8,10H,4-5H2,1-3H3,(H,13,14). The summed E-state index contributed by atoms with van der Waals surface area (Å²) in [5, 5.41) is 8.98. The van der Waals surface area contributed by atoms with Crippen LogP contribution < -0.4 is 0 Å². The van der Waals surface area contributed by atoms with Crippen molar-refractivity contribution in [2.24, 2.45) is 5.92 Å². The van der Waals surface area contributed by atoms with E-state index in [9.17, 15) is 0 Å². The topological polar surface area (TPSA) is 52.5 Å². The van der Waals surface area contributed by atoms with Crippen LogP contribution in [0.3, 0.4) is 0 Å².